The van der Waals surface area contributed by atoms with Gasteiger partial charge in [0.2, 0.25) is 0 Å². The minimum Gasteiger partial charge on any atom is -0.426 e. The van der Waals surface area contributed by atoms with Crippen LogP contribution in [0.25, 0.3) is 22.4 Å². The van der Waals surface area contributed by atoms with Crippen LogP contribution < -0.4 is 5.32 Å². The van der Waals surface area contributed by atoms with Gasteiger partial charge in [0.05, 0.1) is 10.4 Å². The number of nitro benzene ring substituents is 1. The molecule has 8 nitrogen and oxygen atoms in total. The number of anilines is 1. The fraction of sp³-hybridized carbons (Fsp3) is 0. The molecule has 0 aliphatic carbocycles. The third-order valence-corrected chi connectivity index (χ3v) is 4.31. The summed E-state index contributed by atoms with van der Waals surface area (Å²) in [6, 6.07) is 15.7. The summed E-state index contributed by atoms with van der Waals surface area (Å²) in [4.78, 5) is 27.0. The second kappa shape index (κ2) is 7.04. The number of hydrogen-bond acceptors (Lipinski definition) is 5. The number of nitrogens with zero attached hydrogens (tertiary/aromatic N) is 3. The predicted octanol–water partition coefficient (Wildman–Crippen LogP) is 4.24. The summed E-state index contributed by atoms with van der Waals surface area (Å²) in [5.41, 5.74) is 1.62. The van der Waals surface area contributed by atoms with Gasteiger partial charge in [0, 0.05) is 28.9 Å². The first-order chi connectivity index (χ1) is 13.9. The Morgan fingerprint density at radius 3 is 2.59 bits per heavy atom. The number of amides is 1. The van der Waals surface area contributed by atoms with E-state index >= 15 is 0 Å². The first-order valence-corrected chi connectivity index (χ1v) is 8.46. The van der Waals surface area contributed by atoms with Crippen molar-refractivity contribution in [2.45, 2.75) is 0 Å². The van der Waals surface area contributed by atoms with E-state index in [9.17, 15) is 24.5 Å². The molecule has 4 aromatic rings. The Kier molecular flexibility index (Phi) is 4.40. The summed E-state index contributed by atoms with van der Waals surface area (Å²) < 4.78 is 13.8. The minimum atomic E-state index is -0.558. The van der Waals surface area contributed by atoms with E-state index in [1.54, 1.807) is 24.3 Å². The van der Waals surface area contributed by atoms with Crippen LogP contribution in [0.2, 0.25) is 0 Å². The van der Waals surface area contributed by atoms with Crippen molar-refractivity contribution in [2.24, 2.45) is 0 Å². The van der Waals surface area contributed by atoms with E-state index in [-0.39, 0.29) is 17.0 Å². The molecule has 0 aliphatic heterocycles. The van der Waals surface area contributed by atoms with Crippen LogP contribution in [-0.2, 0) is 0 Å². The highest BCUT2D eigenvalue weighted by molar-refractivity contribution is 6.04. The highest BCUT2D eigenvalue weighted by Gasteiger charge is 2.16. The van der Waals surface area contributed by atoms with Gasteiger partial charge in [0.25, 0.3) is 11.6 Å². The van der Waals surface area contributed by atoms with Crippen molar-refractivity contribution in [3.8, 4) is 11.4 Å². The summed E-state index contributed by atoms with van der Waals surface area (Å²) >= 11 is 0. The molecule has 1 amide bonds. The number of rotatable bonds is 4. The lowest BCUT2D eigenvalue weighted by Gasteiger charge is -2.07. The molecule has 0 saturated carbocycles. The standard InChI is InChI=1S/C20H13FN4O4/c21-14-6-4-12(5-7-14)20(26)22-15-3-1-2-13(10-15)19-23-17-9-8-16(25(28)29)11-18(17)24(19)27/h1-11,27H,(H,22,26). The maximum Gasteiger partial charge on any atom is 0.271 e. The number of non-ortho nitro benzene ring substituents is 1. The number of carbonyl (C=O) groups is 1. The zero-order valence-electron chi connectivity index (χ0n) is 14.7. The summed E-state index contributed by atoms with van der Waals surface area (Å²) in [7, 11) is 0. The van der Waals surface area contributed by atoms with Crippen molar-refractivity contribution in [3.63, 3.8) is 0 Å². The number of nitrogens with one attached hydrogen (secondary N) is 1. The predicted molar refractivity (Wildman–Crippen MR) is 103 cm³/mol. The fourth-order valence-corrected chi connectivity index (χ4v) is 2.89. The average Bonchev–Trinajstić information content (AvgIpc) is 3.04. The van der Waals surface area contributed by atoms with Gasteiger partial charge in [-0.3, -0.25) is 14.9 Å². The third-order valence-electron chi connectivity index (χ3n) is 4.31. The average molecular weight is 392 g/mol. The minimum absolute atomic E-state index is 0.165. The Morgan fingerprint density at radius 2 is 1.86 bits per heavy atom. The highest BCUT2D eigenvalue weighted by Crippen LogP contribution is 2.28. The maximum absolute atomic E-state index is 13.0. The molecule has 4 rings (SSSR count). The molecule has 0 aliphatic rings. The number of nitro groups is 1. The molecule has 0 fully saturated rings. The summed E-state index contributed by atoms with van der Waals surface area (Å²) in [5, 5.41) is 24.1. The number of imidazole rings is 1. The van der Waals surface area contributed by atoms with E-state index in [1.807, 2.05) is 0 Å². The molecule has 0 atom stereocenters. The van der Waals surface area contributed by atoms with Crippen LogP contribution in [0.5, 0.6) is 0 Å². The molecule has 2 N–H and O–H groups in total. The van der Waals surface area contributed by atoms with Gasteiger partial charge in [0.15, 0.2) is 5.82 Å². The molecule has 1 aromatic heterocycles. The van der Waals surface area contributed by atoms with Crippen LogP contribution in [0.4, 0.5) is 15.8 Å². The molecule has 9 heteroatoms. The molecule has 0 bridgehead atoms. The molecule has 3 aromatic carbocycles. The van der Waals surface area contributed by atoms with Crippen LogP contribution in [0, 0.1) is 15.9 Å². The molecule has 1 heterocycles. The summed E-state index contributed by atoms with van der Waals surface area (Å²) in [6.07, 6.45) is 0. The van der Waals surface area contributed by atoms with Crippen molar-refractivity contribution in [2.75, 3.05) is 5.32 Å². The number of halogens is 1. The second-order valence-corrected chi connectivity index (χ2v) is 6.22. The van der Waals surface area contributed by atoms with Gasteiger partial charge in [-0.05, 0) is 42.5 Å². The lowest BCUT2D eigenvalue weighted by Crippen LogP contribution is -2.11. The van der Waals surface area contributed by atoms with Gasteiger partial charge < -0.3 is 10.5 Å². The largest absolute Gasteiger partial charge is 0.426 e. The van der Waals surface area contributed by atoms with Crippen molar-refractivity contribution in [1.82, 2.24) is 9.71 Å². The van der Waals surface area contributed by atoms with E-state index in [2.05, 4.69) is 10.3 Å². The molecule has 0 spiro atoms. The quantitative estimate of drug-likeness (QED) is 0.307. The van der Waals surface area contributed by atoms with Crippen molar-refractivity contribution < 1.29 is 19.3 Å². The van der Waals surface area contributed by atoms with E-state index in [4.69, 9.17) is 0 Å². The van der Waals surface area contributed by atoms with E-state index in [0.29, 0.717) is 22.3 Å². The molecule has 0 saturated heterocycles. The van der Waals surface area contributed by atoms with Crippen LogP contribution in [0.15, 0.2) is 66.7 Å². The van der Waals surface area contributed by atoms with Crippen LogP contribution >= 0.6 is 0 Å². The van der Waals surface area contributed by atoms with Crippen LogP contribution in [0.1, 0.15) is 10.4 Å². The van der Waals surface area contributed by atoms with Crippen molar-refractivity contribution in [1.29, 1.82) is 0 Å². The van der Waals surface area contributed by atoms with Gasteiger partial charge in [-0.15, -0.1) is 0 Å². The molecule has 144 valence electrons. The van der Waals surface area contributed by atoms with E-state index < -0.39 is 16.6 Å². The number of benzene rings is 3. The third kappa shape index (κ3) is 3.48. The van der Waals surface area contributed by atoms with Gasteiger partial charge in [-0.25, -0.2) is 9.37 Å². The molecule has 29 heavy (non-hydrogen) atoms. The number of fused-ring (bicyclic) bond motifs is 1. The highest BCUT2D eigenvalue weighted by atomic mass is 19.1. The Morgan fingerprint density at radius 1 is 1.10 bits per heavy atom. The topological polar surface area (TPSA) is 110 Å². The smallest absolute Gasteiger partial charge is 0.271 e. The maximum atomic E-state index is 13.0. The van der Waals surface area contributed by atoms with Gasteiger partial charge in [0.1, 0.15) is 11.3 Å². The number of aromatic nitrogens is 2. The number of carbonyl (C=O) groups excluding carboxylic acids is 1. The normalized spacial score (nSPS) is 10.8. The first-order valence-electron chi connectivity index (χ1n) is 8.46. The van der Waals surface area contributed by atoms with E-state index in [0.717, 1.165) is 4.73 Å². The lowest BCUT2D eigenvalue weighted by atomic mass is 10.1. The lowest BCUT2D eigenvalue weighted by molar-refractivity contribution is -0.384. The SMILES string of the molecule is O=C(Nc1cccc(-c2nc3ccc([N+](=O)[O-])cc3n2O)c1)c1ccc(F)cc1. The molecule has 0 radical (unpaired) electrons. The van der Waals surface area contributed by atoms with E-state index in [1.165, 1.54) is 42.5 Å². The molecule has 0 unspecified atom stereocenters. The Hall–Kier alpha value is -4.27. The second-order valence-electron chi connectivity index (χ2n) is 6.22. The number of hydrogen-bond donors (Lipinski definition) is 2. The van der Waals surface area contributed by atoms with Gasteiger partial charge in [-0.1, -0.05) is 12.1 Å². The summed E-state index contributed by atoms with van der Waals surface area (Å²) in [6.45, 7) is 0. The monoisotopic (exact) mass is 392 g/mol. The Bertz CT molecular complexity index is 1250. The fourth-order valence-electron chi connectivity index (χ4n) is 2.89. The summed E-state index contributed by atoms with van der Waals surface area (Å²) in [5.74, 6) is -0.695. The zero-order valence-corrected chi connectivity index (χ0v) is 14.7. The molecular weight excluding hydrogens is 379 g/mol. The van der Waals surface area contributed by atoms with Gasteiger partial charge in [-0.2, -0.15) is 4.73 Å². The molecular formula is C20H13FN4O4. The van der Waals surface area contributed by atoms with Crippen molar-refractivity contribution in [3.05, 3.63) is 88.2 Å². The first kappa shape index (κ1) is 18.1. The Labute approximate surface area is 163 Å². The van der Waals surface area contributed by atoms with Crippen molar-refractivity contribution >= 4 is 28.3 Å². The Balaban J connectivity index is 1.66. The van der Waals surface area contributed by atoms with Crippen LogP contribution in [-0.4, -0.2) is 25.8 Å². The van der Waals surface area contributed by atoms with Gasteiger partial charge >= 0.3 is 0 Å². The zero-order chi connectivity index (χ0) is 20.5. The van der Waals surface area contributed by atoms with Crippen LogP contribution in [0.3, 0.4) is 0 Å².